The van der Waals surface area contributed by atoms with E-state index in [1.54, 1.807) is 59.7 Å². The van der Waals surface area contributed by atoms with Gasteiger partial charge in [0.25, 0.3) is 11.5 Å². The molecule has 2 saturated heterocycles. The highest BCUT2D eigenvalue weighted by Crippen LogP contribution is 2.36. The molecule has 0 radical (unpaired) electrons. The molecule has 3 aromatic carbocycles. The molecule has 0 bridgehead atoms. The van der Waals surface area contributed by atoms with Gasteiger partial charge in [0.2, 0.25) is 11.8 Å². The lowest BCUT2D eigenvalue weighted by atomic mass is 9.89. The van der Waals surface area contributed by atoms with E-state index in [0.717, 1.165) is 88.5 Å². The molecule has 71 heavy (non-hydrogen) atoms. The Kier molecular flexibility index (Phi) is 12.7. The maximum Gasteiger partial charge on any atom is 0.329 e. The maximum atomic E-state index is 16.1. The lowest BCUT2D eigenvalue weighted by Gasteiger charge is -2.32. The molecule has 4 aromatic heterocycles. The Morgan fingerprint density at radius 1 is 0.901 bits per heavy atom. The molecule has 16 heteroatoms. The van der Waals surface area contributed by atoms with Crippen LogP contribution in [0.25, 0.3) is 33.3 Å². The first-order valence-corrected chi connectivity index (χ1v) is 24.4. The second kappa shape index (κ2) is 19.1. The van der Waals surface area contributed by atoms with Crippen LogP contribution in [0, 0.1) is 12.7 Å². The molecule has 15 nitrogen and oxygen atoms in total. The molecular formula is C55H59FN10O5. The fourth-order valence-electron chi connectivity index (χ4n) is 11.1. The minimum atomic E-state index is -0.714. The summed E-state index contributed by atoms with van der Waals surface area (Å²) in [6, 6.07) is 24.0. The van der Waals surface area contributed by atoms with Crippen molar-refractivity contribution in [1.29, 1.82) is 0 Å². The number of piperidine rings is 2. The number of likely N-dealkylation sites (tertiary alicyclic amines) is 1. The van der Waals surface area contributed by atoms with Gasteiger partial charge < -0.3 is 14.8 Å². The fourth-order valence-corrected chi connectivity index (χ4v) is 11.1. The zero-order chi connectivity index (χ0) is 49.8. The highest BCUT2D eigenvalue weighted by Gasteiger charge is 2.32. The number of anilines is 2. The first-order chi connectivity index (χ1) is 34.2. The van der Waals surface area contributed by atoms with Gasteiger partial charge in [0.15, 0.2) is 0 Å². The van der Waals surface area contributed by atoms with Crippen LogP contribution in [-0.4, -0.2) is 91.0 Å². The molecule has 0 aliphatic carbocycles. The van der Waals surface area contributed by atoms with E-state index in [0.29, 0.717) is 48.5 Å². The smallest absolute Gasteiger partial charge is 0.329 e. The topological polar surface area (TPSA) is 152 Å². The number of hydrogen-bond acceptors (Lipinski definition) is 9. The molecule has 10 rings (SSSR count). The van der Waals surface area contributed by atoms with Gasteiger partial charge in [-0.25, -0.2) is 14.2 Å². The minimum Gasteiger partial charge on any atom is -0.388 e. The van der Waals surface area contributed by atoms with Crippen molar-refractivity contribution in [3.63, 3.8) is 0 Å². The number of fused-ring (bicyclic) bond motifs is 2. The van der Waals surface area contributed by atoms with E-state index in [4.69, 9.17) is 0 Å². The van der Waals surface area contributed by atoms with Crippen LogP contribution in [0.4, 0.5) is 15.8 Å². The molecule has 2 fully saturated rings. The Labute approximate surface area is 410 Å². The van der Waals surface area contributed by atoms with E-state index in [1.807, 2.05) is 56.4 Å². The summed E-state index contributed by atoms with van der Waals surface area (Å²) in [4.78, 5) is 75.5. The highest BCUT2D eigenvalue weighted by molar-refractivity contribution is 6.06. The largest absolute Gasteiger partial charge is 0.388 e. The third kappa shape index (κ3) is 8.79. The number of imide groups is 1. The number of amides is 3. The van der Waals surface area contributed by atoms with E-state index in [9.17, 15) is 24.0 Å². The number of halogens is 1. The van der Waals surface area contributed by atoms with Gasteiger partial charge in [-0.1, -0.05) is 24.3 Å². The van der Waals surface area contributed by atoms with Crippen LogP contribution in [0.1, 0.15) is 95.3 Å². The summed E-state index contributed by atoms with van der Waals surface area (Å²) in [6.07, 6.45) is 8.68. The van der Waals surface area contributed by atoms with E-state index < -0.39 is 17.8 Å². The van der Waals surface area contributed by atoms with E-state index in [2.05, 4.69) is 61.2 Å². The van der Waals surface area contributed by atoms with Gasteiger partial charge in [-0.15, -0.1) is 0 Å². The van der Waals surface area contributed by atoms with Gasteiger partial charge in [-0.3, -0.25) is 48.0 Å². The number of benzene rings is 3. The number of imidazole rings is 1. The molecule has 3 amide bonds. The molecule has 1 unspecified atom stereocenters. The summed E-state index contributed by atoms with van der Waals surface area (Å²) < 4.78 is 23.0. The summed E-state index contributed by atoms with van der Waals surface area (Å²) in [5.41, 5.74) is 9.91. The van der Waals surface area contributed by atoms with Gasteiger partial charge in [0, 0.05) is 112 Å². The number of nitrogens with one attached hydrogen (secondary N) is 2. The van der Waals surface area contributed by atoms with Gasteiger partial charge in [-0.2, -0.15) is 0 Å². The quantitative estimate of drug-likeness (QED) is 0.127. The van der Waals surface area contributed by atoms with Gasteiger partial charge in [0.05, 0.1) is 16.7 Å². The lowest BCUT2D eigenvalue weighted by Crippen LogP contribution is -2.44. The molecule has 3 aliphatic rings. The molecule has 7 heterocycles. The number of nitrogens with zero attached hydrogens (tertiary/aromatic N) is 8. The van der Waals surface area contributed by atoms with E-state index >= 15 is 4.39 Å². The summed E-state index contributed by atoms with van der Waals surface area (Å²) in [5, 5.41) is 6.27. The van der Waals surface area contributed by atoms with Gasteiger partial charge in [-0.05, 0) is 135 Å². The summed E-state index contributed by atoms with van der Waals surface area (Å²) >= 11 is 0. The highest BCUT2D eigenvalue weighted by atomic mass is 19.1. The fraction of sp³-hybridized carbons (Fsp3) is 0.345. The zero-order valence-corrected chi connectivity index (χ0v) is 41.0. The van der Waals surface area contributed by atoms with Crippen LogP contribution in [-0.2, 0) is 30.2 Å². The second-order valence-electron chi connectivity index (χ2n) is 19.4. The number of carbonyl (C=O) groups excluding carboxylic acids is 3. The van der Waals surface area contributed by atoms with Crippen LogP contribution >= 0.6 is 0 Å². The normalized spacial score (nSPS) is 17.7. The molecule has 0 saturated carbocycles. The number of pyridine rings is 2. The Hall–Kier alpha value is -7.43. The first-order valence-electron chi connectivity index (χ1n) is 24.4. The number of hydrogen-bond donors (Lipinski definition) is 2. The standard InChI is InChI=1S/C55H59FN10O5/c1-33-27-39(29-43(56)51(33)38-18-24-64(25-19-38)34(2)47-31-42-44(15-21-58-52(42)61(47)5)65-26-20-40(57-3)30-50(65)68)54(70)60(4)41-10-8-36(9-11-41)37-16-22-63(23-17-37)32-35-7-12-45-48(28-35)62(6)55(71)66(45)46-13-14-49(67)59-53(46)69/h7-12,15,18,20-21,26-31,34,37,46,57H,13-14,16-17,19,22-25,32H2,1-6H3,(H,59,67,69)/t34-,46?/m0/s1. The molecule has 2 N–H and O–H groups in total. The summed E-state index contributed by atoms with van der Waals surface area (Å²) in [7, 11) is 7.22. The van der Waals surface area contributed by atoms with E-state index in [-0.39, 0.29) is 35.5 Å². The van der Waals surface area contributed by atoms with Crippen LogP contribution in [0.2, 0.25) is 0 Å². The second-order valence-corrected chi connectivity index (χ2v) is 19.4. The molecule has 0 spiro atoms. The molecule has 2 atom stereocenters. The third-order valence-electron chi connectivity index (χ3n) is 15.2. The average molecular weight is 959 g/mol. The molecule has 366 valence electrons. The van der Waals surface area contributed by atoms with Gasteiger partial charge >= 0.3 is 5.69 Å². The molecule has 7 aromatic rings. The van der Waals surface area contributed by atoms with Crippen molar-refractivity contribution < 1.29 is 18.8 Å². The van der Waals surface area contributed by atoms with Crippen LogP contribution in [0.15, 0.2) is 107 Å². The zero-order valence-electron chi connectivity index (χ0n) is 41.0. The molecule has 3 aliphatic heterocycles. The predicted octanol–water partition coefficient (Wildman–Crippen LogP) is 7.35. The van der Waals surface area contributed by atoms with Crippen molar-refractivity contribution in [2.45, 2.75) is 70.5 Å². The lowest BCUT2D eigenvalue weighted by molar-refractivity contribution is -0.135. The third-order valence-corrected chi connectivity index (χ3v) is 15.2. The van der Waals surface area contributed by atoms with Crippen molar-refractivity contribution in [2.75, 3.05) is 50.5 Å². The van der Waals surface area contributed by atoms with Crippen LogP contribution in [0.5, 0.6) is 0 Å². The first kappa shape index (κ1) is 47.3. The van der Waals surface area contributed by atoms with Gasteiger partial charge in [0.1, 0.15) is 17.5 Å². The number of aromatic nitrogens is 5. The predicted molar refractivity (Wildman–Crippen MR) is 275 cm³/mol. The number of aryl methyl sites for hydroxylation is 3. The van der Waals surface area contributed by atoms with Crippen molar-refractivity contribution in [3.8, 4) is 5.69 Å². The van der Waals surface area contributed by atoms with Crippen molar-refractivity contribution in [2.24, 2.45) is 14.1 Å². The SMILES string of the molecule is CNc1ccn(-c2ccnc3c2cc([C@H](C)N2CC=C(c4c(C)cc(C(=O)N(C)c5ccc(C6CCN(Cc7ccc8c(c7)n(C)c(=O)n8C7CCC(=O)NC7=O)CC6)cc5)cc4F)CC2)n3C)c(=O)c1. The monoisotopic (exact) mass is 958 g/mol. The Morgan fingerprint density at radius 3 is 2.37 bits per heavy atom. The van der Waals surface area contributed by atoms with Crippen molar-refractivity contribution in [3.05, 3.63) is 157 Å². The van der Waals surface area contributed by atoms with E-state index in [1.165, 1.54) is 16.2 Å². The van der Waals surface area contributed by atoms with Crippen molar-refractivity contribution >= 4 is 56.7 Å². The Balaban J connectivity index is 0.754. The number of rotatable bonds is 11. The summed E-state index contributed by atoms with van der Waals surface area (Å²) in [5.74, 6) is -1.08. The minimum absolute atomic E-state index is 0.0160. The Bertz CT molecular complexity index is 3390. The van der Waals surface area contributed by atoms with Crippen LogP contribution < -0.4 is 26.8 Å². The number of carbonyl (C=O) groups is 3. The van der Waals surface area contributed by atoms with Crippen molar-refractivity contribution in [1.82, 2.24) is 38.4 Å². The van der Waals surface area contributed by atoms with Crippen LogP contribution in [0.3, 0.4) is 0 Å². The Morgan fingerprint density at radius 2 is 1.68 bits per heavy atom. The average Bonchev–Trinajstić information content (AvgIpc) is 3.84. The summed E-state index contributed by atoms with van der Waals surface area (Å²) in [6.45, 7) is 7.89. The molecular weight excluding hydrogens is 900 g/mol. The maximum absolute atomic E-state index is 16.1.